The van der Waals surface area contributed by atoms with Gasteiger partial charge in [0.1, 0.15) is 12.0 Å². The molecule has 94 valence electrons. The summed E-state index contributed by atoms with van der Waals surface area (Å²) in [7, 11) is 5.76. The van der Waals surface area contributed by atoms with Crippen molar-refractivity contribution in [1.29, 1.82) is 0 Å². The number of anilines is 2. The second-order valence-corrected chi connectivity index (χ2v) is 4.47. The van der Waals surface area contributed by atoms with Crippen LogP contribution in [0, 0.1) is 0 Å². The summed E-state index contributed by atoms with van der Waals surface area (Å²) in [5, 5.41) is 0. The number of rotatable bonds is 3. The van der Waals surface area contributed by atoms with E-state index in [-0.39, 0.29) is 0 Å². The number of hydrogen-bond acceptors (Lipinski definition) is 6. The molecular weight excluding hydrogens is 218 g/mol. The van der Waals surface area contributed by atoms with E-state index in [2.05, 4.69) is 33.9 Å². The molecule has 0 spiro atoms. The Morgan fingerprint density at radius 3 is 2.82 bits per heavy atom. The average molecular weight is 237 g/mol. The number of likely N-dealkylation sites (N-methyl/N-ethyl adjacent to an activating group) is 1. The molecule has 2 rings (SSSR count). The van der Waals surface area contributed by atoms with Crippen LogP contribution in [0.15, 0.2) is 6.33 Å². The summed E-state index contributed by atoms with van der Waals surface area (Å²) in [5.74, 6) is 1.23. The van der Waals surface area contributed by atoms with Crippen LogP contribution in [0.5, 0.6) is 5.88 Å². The van der Waals surface area contributed by atoms with Gasteiger partial charge in [0.25, 0.3) is 0 Å². The van der Waals surface area contributed by atoms with E-state index in [9.17, 15) is 0 Å². The van der Waals surface area contributed by atoms with E-state index >= 15 is 0 Å². The van der Waals surface area contributed by atoms with Gasteiger partial charge in [-0.2, -0.15) is 4.98 Å². The summed E-state index contributed by atoms with van der Waals surface area (Å²) in [4.78, 5) is 12.7. The summed E-state index contributed by atoms with van der Waals surface area (Å²) < 4.78 is 5.11. The van der Waals surface area contributed by atoms with Crippen molar-refractivity contribution in [2.24, 2.45) is 0 Å². The minimum Gasteiger partial charge on any atom is -0.479 e. The molecule has 1 aromatic rings. The topological polar surface area (TPSA) is 67.5 Å². The molecule has 1 aliphatic rings. The van der Waals surface area contributed by atoms with Crippen LogP contribution < -0.4 is 15.4 Å². The first-order chi connectivity index (χ1) is 8.13. The standard InChI is InChI=1S/C11H19N5O/c1-15(2)8-4-5-16(6-8)10-9(12)11(17-3)14-7-13-10/h7-8H,4-6,12H2,1-3H3. The van der Waals surface area contributed by atoms with E-state index in [0.29, 0.717) is 17.6 Å². The van der Waals surface area contributed by atoms with Crippen molar-refractivity contribution in [3.8, 4) is 5.88 Å². The summed E-state index contributed by atoms with van der Waals surface area (Å²) in [6.45, 7) is 1.91. The first-order valence-electron chi connectivity index (χ1n) is 5.69. The number of hydrogen-bond donors (Lipinski definition) is 1. The first-order valence-corrected chi connectivity index (χ1v) is 5.69. The summed E-state index contributed by atoms with van der Waals surface area (Å²) in [5.41, 5.74) is 6.51. The SMILES string of the molecule is COc1ncnc(N2CCC(N(C)C)C2)c1N. The van der Waals surface area contributed by atoms with Crippen molar-refractivity contribution in [3.63, 3.8) is 0 Å². The Hall–Kier alpha value is -1.56. The zero-order chi connectivity index (χ0) is 12.4. The number of nitrogens with zero attached hydrogens (tertiary/aromatic N) is 4. The van der Waals surface area contributed by atoms with E-state index in [1.807, 2.05) is 0 Å². The normalized spacial score (nSPS) is 20.0. The van der Waals surface area contributed by atoms with Crippen LogP contribution >= 0.6 is 0 Å². The van der Waals surface area contributed by atoms with Gasteiger partial charge in [0, 0.05) is 19.1 Å². The van der Waals surface area contributed by atoms with E-state index in [0.717, 1.165) is 25.3 Å². The summed E-state index contributed by atoms with van der Waals surface area (Å²) in [6, 6.07) is 0.551. The van der Waals surface area contributed by atoms with E-state index < -0.39 is 0 Å². The average Bonchev–Trinajstić information content (AvgIpc) is 2.78. The van der Waals surface area contributed by atoms with Gasteiger partial charge >= 0.3 is 0 Å². The molecule has 1 saturated heterocycles. The molecule has 0 saturated carbocycles. The zero-order valence-corrected chi connectivity index (χ0v) is 10.6. The minimum atomic E-state index is 0.448. The molecule has 1 fully saturated rings. The van der Waals surface area contributed by atoms with Gasteiger partial charge in [-0.05, 0) is 20.5 Å². The molecule has 1 atom stereocenters. The maximum atomic E-state index is 5.99. The van der Waals surface area contributed by atoms with Crippen molar-refractivity contribution in [2.75, 3.05) is 44.9 Å². The fraction of sp³-hybridized carbons (Fsp3) is 0.636. The quantitative estimate of drug-likeness (QED) is 0.810. The van der Waals surface area contributed by atoms with Gasteiger partial charge in [0.2, 0.25) is 5.88 Å². The third-order valence-electron chi connectivity index (χ3n) is 3.21. The molecule has 0 radical (unpaired) electrons. The third kappa shape index (κ3) is 2.26. The fourth-order valence-electron chi connectivity index (χ4n) is 2.14. The highest BCUT2D eigenvalue weighted by molar-refractivity contribution is 5.68. The second-order valence-electron chi connectivity index (χ2n) is 4.47. The Labute approximate surface area is 101 Å². The molecule has 2 heterocycles. The lowest BCUT2D eigenvalue weighted by Gasteiger charge is -2.22. The van der Waals surface area contributed by atoms with Gasteiger partial charge < -0.3 is 20.3 Å². The lowest BCUT2D eigenvalue weighted by Crippen LogP contribution is -2.32. The molecular formula is C11H19N5O. The minimum absolute atomic E-state index is 0.448. The van der Waals surface area contributed by atoms with Crippen LogP contribution in [0.25, 0.3) is 0 Å². The smallest absolute Gasteiger partial charge is 0.242 e. The van der Waals surface area contributed by atoms with Crippen molar-refractivity contribution in [2.45, 2.75) is 12.5 Å². The lowest BCUT2D eigenvalue weighted by molar-refractivity contribution is 0.315. The molecule has 0 aliphatic carbocycles. The van der Waals surface area contributed by atoms with Crippen LogP contribution in [0.3, 0.4) is 0 Å². The van der Waals surface area contributed by atoms with Crippen molar-refractivity contribution >= 4 is 11.5 Å². The van der Waals surface area contributed by atoms with Gasteiger partial charge in [-0.25, -0.2) is 4.98 Å². The Morgan fingerprint density at radius 2 is 2.24 bits per heavy atom. The van der Waals surface area contributed by atoms with E-state index in [4.69, 9.17) is 10.5 Å². The van der Waals surface area contributed by atoms with Gasteiger partial charge in [0.15, 0.2) is 5.82 Å². The van der Waals surface area contributed by atoms with Gasteiger partial charge in [-0.1, -0.05) is 0 Å². The highest BCUT2D eigenvalue weighted by Crippen LogP contribution is 2.30. The van der Waals surface area contributed by atoms with Crippen molar-refractivity contribution in [1.82, 2.24) is 14.9 Å². The molecule has 6 nitrogen and oxygen atoms in total. The molecule has 1 unspecified atom stereocenters. The molecule has 1 aromatic heterocycles. The maximum Gasteiger partial charge on any atom is 0.242 e. The summed E-state index contributed by atoms with van der Waals surface area (Å²) >= 11 is 0. The number of methoxy groups -OCH3 is 1. The zero-order valence-electron chi connectivity index (χ0n) is 10.6. The Morgan fingerprint density at radius 1 is 1.47 bits per heavy atom. The van der Waals surface area contributed by atoms with E-state index in [1.54, 1.807) is 7.11 Å². The predicted molar refractivity (Wildman–Crippen MR) is 67.3 cm³/mol. The van der Waals surface area contributed by atoms with Crippen LogP contribution in [0.4, 0.5) is 11.5 Å². The number of ether oxygens (including phenoxy) is 1. The Kier molecular flexibility index (Phi) is 3.33. The van der Waals surface area contributed by atoms with Crippen LogP contribution in [0.2, 0.25) is 0 Å². The highest BCUT2D eigenvalue weighted by atomic mass is 16.5. The third-order valence-corrected chi connectivity index (χ3v) is 3.21. The van der Waals surface area contributed by atoms with Crippen LogP contribution in [0.1, 0.15) is 6.42 Å². The van der Waals surface area contributed by atoms with Crippen molar-refractivity contribution < 1.29 is 4.74 Å². The molecule has 6 heteroatoms. The monoisotopic (exact) mass is 237 g/mol. The molecule has 17 heavy (non-hydrogen) atoms. The molecule has 0 bridgehead atoms. The van der Waals surface area contributed by atoms with Crippen LogP contribution in [-0.2, 0) is 0 Å². The number of nitrogens with two attached hydrogens (primary N) is 1. The molecule has 0 amide bonds. The van der Waals surface area contributed by atoms with E-state index in [1.165, 1.54) is 6.33 Å². The summed E-state index contributed by atoms with van der Waals surface area (Å²) in [6.07, 6.45) is 2.62. The van der Waals surface area contributed by atoms with Gasteiger partial charge in [0.05, 0.1) is 7.11 Å². The van der Waals surface area contributed by atoms with Gasteiger partial charge in [-0.15, -0.1) is 0 Å². The predicted octanol–water partition coefficient (Wildman–Crippen LogP) is 0.208. The molecule has 2 N–H and O–H groups in total. The Balaban J connectivity index is 2.19. The largest absolute Gasteiger partial charge is 0.479 e. The van der Waals surface area contributed by atoms with Crippen molar-refractivity contribution in [3.05, 3.63) is 6.33 Å². The molecule has 1 aliphatic heterocycles. The van der Waals surface area contributed by atoms with Gasteiger partial charge in [-0.3, -0.25) is 0 Å². The second kappa shape index (κ2) is 4.75. The number of aromatic nitrogens is 2. The maximum absolute atomic E-state index is 5.99. The lowest BCUT2D eigenvalue weighted by atomic mass is 10.2. The fourth-order valence-corrected chi connectivity index (χ4v) is 2.14. The highest BCUT2D eigenvalue weighted by Gasteiger charge is 2.27. The van der Waals surface area contributed by atoms with Crippen LogP contribution in [-0.4, -0.2) is 55.2 Å². The number of nitrogen functional groups attached to an aromatic ring is 1. The molecule has 0 aromatic carbocycles. The Bertz CT molecular complexity index is 395. The first kappa shape index (κ1) is 11.9.